The van der Waals surface area contributed by atoms with Gasteiger partial charge < -0.3 is 0 Å². The molecule has 0 aliphatic rings. The molecule has 0 spiro atoms. The van der Waals surface area contributed by atoms with Crippen LogP contribution in [0.15, 0.2) is 4.40 Å². The molecule has 0 aromatic heterocycles. The van der Waals surface area contributed by atoms with E-state index in [0.717, 1.165) is 6.42 Å². The Morgan fingerprint density at radius 2 is 1.92 bits per heavy atom. The van der Waals surface area contributed by atoms with Crippen LogP contribution in [0.4, 0.5) is 0 Å². The maximum atomic E-state index is 11.4. The molecule has 0 heterocycles. The lowest BCUT2D eigenvalue weighted by Crippen LogP contribution is -2.19. The Bertz CT molecular complexity index is 179. The summed E-state index contributed by atoms with van der Waals surface area (Å²) in [6, 6.07) is 0. The van der Waals surface area contributed by atoms with Crippen molar-refractivity contribution in [1.29, 1.82) is 0 Å². The van der Waals surface area contributed by atoms with Gasteiger partial charge in [-0.05, 0) is 33.1 Å². The fourth-order valence-electron chi connectivity index (χ4n) is 0.480. The molecule has 1 atom stereocenters. The fraction of sp³-hybridized carbons (Fsp3) is 0.889. The number of rotatable bonds is 3. The Morgan fingerprint density at radius 3 is 2.25 bits per heavy atom. The van der Waals surface area contributed by atoms with Crippen LogP contribution in [0.5, 0.6) is 0 Å². The molecule has 0 saturated heterocycles. The molecule has 0 aliphatic carbocycles. The van der Waals surface area contributed by atoms with Gasteiger partial charge in [0.1, 0.15) is 11.0 Å². The standard InChI is InChI=1S/C9H19NOS/c1-8(2)6-7-10-12(11)9(3,4)5/h7-8H,6H2,1-5H3. The van der Waals surface area contributed by atoms with Crippen LogP contribution in [-0.4, -0.2) is 15.2 Å². The summed E-state index contributed by atoms with van der Waals surface area (Å²) in [7, 11) is -1.08. The van der Waals surface area contributed by atoms with Crippen molar-refractivity contribution in [3.63, 3.8) is 0 Å². The third kappa shape index (κ3) is 5.47. The molecule has 0 bridgehead atoms. The minimum atomic E-state index is -1.08. The average Bonchev–Trinajstić information content (AvgIpc) is 1.84. The van der Waals surface area contributed by atoms with E-state index in [1.807, 2.05) is 20.8 Å². The summed E-state index contributed by atoms with van der Waals surface area (Å²) in [5.74, 6) is 0.589. The fourth-order valence-corrected chi connectivity index (χ4v) is 1.02. The lowest BCUT2D eigenvalue weighted by molar-refractivity contribution is 0.650. The van der Waals surface area contributed by atoms with Gasteiger partial charge in [-0.2, -0.15) is 4.40 Å². The first-order valence-electron chi connectivity index (χ1n) is 4.28. The molecule has 0 fully saturated rings. The summed E-state index contributed by atoms with van der Waals surface area (Å²) in [6.45, 7) is 10.0. The van der Waals surface area contributed by atoms with Crippen LogP contribution in [0, 0.1) is 5.92 Å². The van der Waals surface area contributed by atoms with Crippen LogP contribution < -0.4 is 0 Å². The summed E-state index contributed by atoms with van der Waals surface area (Å²) in [6.07, 6.45) is 2.67. The van der Waals surface area contributed by atoms with Crippen LogP contribution in [0.2, 0.25) is 0 Å². The van der Waals surface area contributed by atoms with Crippen LogP contribution in [0.25, 0.3) is 0 Å². The monoisotopic (exact) mass is 189 g/mol. The number of hydrogen-bond acceptors (Lipinski definition) is 1. The molecular weight excluding hydrogens is 170 g/mol. The summed E-state index contributed by atoms with van der Waals surface area (Å²) in [5, 5.41) is 0. The number of hydrogen-bond donors (Lipinski definition) is 0. The molecule has 2 nitrogen and oxygen atoms in total. The van der Waals surface area contributed by atoms with Gasteiger partial charge in [-0.3, -0.25) is 0 Å². The van der Waals surface area contributed by atoms with Gasteiger partial charge in [-0.15, -0.1) is 0 Å². The van der Waals surface area contributed by atoms with E-state index >= 15 is 0 Å². The summed E-state index contributed by atoms with van der Waals surface area (Å²) >= 11 is 0. The smallest absolute Gasteiger partial charge is 0.144 e. The Balaban J connectivity index is 3.93. The van der Waals surface area contributed by atoms with E-state index in [-0.39, 0.29) is 4.75 Å². The van der Waals surface area contributed by atoms with Crippen molar-refractivity contribution in [2.75, 3.05) is 0 Å². The van der Waals surface area contributed by atoms with Gasteiger partial charge in [-0.1, -0.05) is 13.8 Å². The van der Waals surface area contributed by atoms with Crippen molar-refractivity contribution in [1.82, 2.24) is 0 Å². The van der Waals surface area contributed by atoms with Crippen LogP contribution in [0.1, 0.15) is 41.0 Å². The Labute approximate surface area is 78.1 Å². The second-order valence-electron chi connectivity index (χ2n) is 4.28. The van der Waals surface area contributed by atoms with Crippen molar-refractivity contribution < 1.29 is 4.21 Å². The highest BCUT2D eigenvalue weighted by molar-refractivity contribution is 7.85. The molecule has 0 radical (unpaired) electrons. The van der Waals surface area contributed by atoms with Gasteiger partial charge in [0.2, 0.25) is 0 Å². The van der Waals surface area contributed by atoms with Crippen molar-refractivity contribution >= 4 is 17.2 Å². The lowest BCUT2D eigenvalue weighted by Gasteiger charge is -2.12. The Hall–Kier alpha value is -0.180. The first-order valence-corrected chi connectivity index (χ1v) is 5.39. The summed E-state index contributed by atoms with van der Waals surface area (Å²) in [5.41, 5.74) is 0. The molecule has 0 amide bonds. The molecule has 0 rings (SSSR count). The molecule has 0 saturated carbocycles. The van der Waals surface area contributed by atoms with Crippen LogP contribution in [-0.2, 0) is 11.0 Å². The van der Waals surface area contributed by atoms with E-state index in [2.05, 4.69) is 18.2 Å². The zero-order valence-corrected chi connectivity index (χ0v) is 9.44. The summed E-state index contributed by atoms with van der Waals surface area (Å²) in [4.78, 5) is 0. The molecule has 0 aromatic carbocycles. The Morgan fingerprint density at radius 1 is 1.42 bits per heavy atom. The second-order valence-corrected chi connectivity index (χ2v) is 6.21. The van der Waals surface area contributed by atoms with E-state index in [1.54, 1.807) is 6.21 Å². The van der Waals surface area contributed by atoms with Gasteiger partial charge in [0.25, 0.3) is 0 Å². The highest BCUT2D eigenvalue weighted by atomic mass is 32.2. The highest BCUT2D eigenvalue weighted by Gasteiger charge is 2.17. The third-order valence-electron chi connectivity index (χ3n) is 1.27. The van der Waals surface area contributed by atoms with E-state index in [0.29, 0.717) is 5.92 Å². The minimum absolute atomic E-state index is 0.229. The maximum Gasteiger partial charge on any atom is 0.144 e. The topological polar surface area (TPSA) is 29.4 Å². The largest absolute Gasteiger partial charge is 0.234 e. The number of nitrogens with zero attached hydrogens (tertiary/aromatic N) is 1. The predicted molar refractivity (Wildman–Crippen MR) is 55.8 cm³/mol. The van der Waals surface area contributed by atoms with Crippen molar-refractivity contribution in [2.45, 2.75) is 45.8 Å². The Kier molecular flexibility index (Phi) is 4.68. The van der Waals surface area contributed by atoms with Crippen molar-refractivity contribution in [3.8, 4) is 0 Å². The predicted octanol–water partition coefficient (Wildman–Crippen LogP) is 2.57. The highest BCUT2D eigenvalue weighted by Crippen LogP contribution is 2.11. The summed E-state index contributed by atoms with van der Waals surface area (Å²) < 4.78 is 15.1. The van der Waals surface area contributed by atoms with E-state index < -0.39 is 11.0 Å². The minimum Gasteiger partial charge on any atom is -0.234 e. The average molecular weight is 189 g/mol. The molecule has 0 N–H and O–H groups in total. The van der Waals surface area contributed by atoms with Crippen molar-refractivity contribution in [3.05, 3.63) is 0 Å². The quantitative estimate of drug-likeness (QED) is 0.627. The molecule has 1 unspecified atom stereocenters. The van der Waals surface area contributed by atoms with Crippen LogP contribution >= 0.6 is 0 Å². The zero-order valence-electron chi connectivity index (χ0n) is 8.63. The first kappa shape index (κ1) is 11.8. The van der Waals surface area contributed by atoms with Crippen molar-refractivity contribution in [2.24, 2.45) is 10.3 Å². The van der Waals surface area contributed by atoms with Gasteiger partial charge in [0.05, 0.1) is 4.75 Å². The van der Waals surface area contributed by atoms with E-state index in [9.17, 15) is 4.21 Å². The van der Waals surface area contributed by atoms with Crippen LogP contribution in [0.3, 0.4) is 0 Å². The molecule has 12 heavy (non-hydrogen) atoms. The second kappa shape index (κ2) is 4.75. The van der Waals surface area contributed by atoms with Gasteiger partial charge in [0, 0.05) is 6.21 Å². The molecule has 0 aliphatic heterocycles. The zero-order chi connectivity index (χ0) is 9.78. The van der Waals surface area contributed by atoms with Gasteiger partial charge in [-0.25, -0.2) is 4.21 Å². The van der Waals surface area contributed by atoms with E-state index in [4.69, 9.17) is 0 Å². The normalized spacial score (nSPS) is 15.8. The third-order valence-corrected chi connectivity index (χ3v) is 2.66. The molecule has 0 aromatic rings. The SMILES string of the molecule is CC(C)CC=NS(=O)C(C)(C)C. The first-order chi connectivity index (χ1) is 5.34. The van der Waals surface area contributed by atoms with Gasteiger partial charge in [0.15, 0.2) is 0 Å². The molecule has 72 valence electrons. The van der Waals surface area contributed by atoms with Gasteiger partial charge >= 0.3 is 0 Å². The van der Waals surface area contributed by atoms with E-state index in [1.165, 1.54) is 0 Å². The maximum absolute atomic E-state index is 11.4. The molecule has 3 heteroatoms. The molecular formula is C9H19NOS. The lowest BCUT2D eigenvalue weighted by atomic mass is 10.2.